The van der Waals surface area contributed by atoms with E-state index in [2.05, 4.69) is 0 Å². The van der Waals surface area contributed by atoms with Crippen LogP contribution in [0.3, 0.4) is 0 Å². The normalized spacial score (nSPS) is 22.9. The van der Waals surface area contributed by atoms with Gasteiger partial charge in [-0.25, -0.2) is 0 Å². The molecular formula is C13H14O2. The molecule has 1 aliphatic rings. The molecule has 2 heteroatoms. The molecule has 1 unspecified atom stereocenters. The zero-order valence-electron chi connectivity index (χ0n) is 8.94. The average molecular weight is 202 g/mol. The molecule has 0 spiro atoms. The average Bonchev–Trinajstić information content (AvgIpc) is 2.86. The molecule has 15 heavy (non-hydrogen) atoms. The van der Waals surface area contributed by atoms with Crippen LogP contribution >= 0.6 is 0 Å². The van der Waals surface area contributed by atoms with E-state index in [-0.39, 0.29) is 17.5 Å². The third-order valence-electron chi connectivity index (χ3n) is 2.49. The lowest BCUT2D eigenvalue weighted by molar-refractivity contribution is -0.115. The van der Waals surface area contributed by atoms with Crippen molar-refractivity contribution in [1.82, 2.24) is 0 Å². The van der Waals surface area contributed by atoms with E-state index < -0.39 is 0 Å². The van der Waals surface area contributed by atoms with Crippen molar-refractivity contribution in [1.29, 1.82) is 0 Å². The molecule has 0 saturated carbocycles. The quantitative estimate of drug-likeness (QED) is 0.556. The van der Waals surface area contributed by atoms with Crippen molar-refractivity contribution in [3.63, 3.8) is 0 Å². The number of ether oxygens (including phenoxy) is 1. The van der Waals surface area contributed by atoms with Gasteiger partial charge in [0.25, 0.3) is 0 Å². The van der Waals surface area contributed by atoms with Crippen LogP contribution in [0.4, 0.5) is 0 Å². The van der Waals surface area contributed by atoms with Crippen molar-refractivity contribution in [2.24, 2.45) is 0 Å². The van der Waals surface area contributed by atoms with Gasteiger partial charge in [0.1, 0.15) is 6.10 Å². The summed E-state index contributed by atoms with van der Waals surface area (Å²) in [6.45, 7) is 3.85. The standard InChI is InChI=1S/C13H14O2/c1-13(2)12(15-13)11(14)9-8-10-6-4-3-5-7-10/h3-9,12H,1-2H3. The van der Waals surface area contributed by atoms with Gasteiger partial charge in [-0.1, -0.05) is 36.4 Å². The molecule has 1 aromatic carbocycles. The van der Waals surface area contributed by atoms with Crippen LogP contribution in [-0.2, 0) is 9.53 Å². The van der Waals surface area contributed by atoms with E-state index in [9.17, 15) is 4.79 Å². The van der Waals surface area contributed by atoms with Crippen LogP contribution in [0.15, 0.2) is 36.4 Å². The maximum Gasteiger partial charge on any atom is 0.187 e. The van der Waals surface area contributed by atoms with E-state index >= 15 is 0 Å². The lowest BCUT2D eigenvalue weighted by Crippen LogP contribution is -2.11. The SMILES string of the molecule is CC1(C)OC1C(=O)C=Cc1ccccc1. The van der Waals surface area contributed by atoms with Crippen molar-refractivity contribution < 1.29 is 9.53 Å². The molecular weight excluding hydrogens is 188 g/mol. The molecule has 1 aliphatic heterocycles. The van der Waals surface area contributed by atoms with Gasteiger partial charge in [-0.3, -0.25) is 4.79 Å². The number of rotatable bonds is 3. The van der Waals surface area contributed by atoms with Crippen molar-refractivity contribution in [3.8, 4) is 0 Å². The Labute approximate surface area is 89.6 Å². The van der Waals surface area contributed by atoms with Gasteiger partial charge in [-0.15, -0.1) is 0 Å². The summed E-state index contributed by atoms with van der Waals surface area (Å²) in [5.74, 6) is 0.0452. The third-order valence-corrected chi connectivity index (χ3v) is 2.49. The molecule has 1 saturated heterocycles. The van der Waals surface area contributed by atoms with E-state index in [4.69, 9.17) is 4.74 Å². The number of carbonyl (C=O) groups is 1. The lowest BCUT2D eigenvalue weighted by atomic mass is 10.1. The summed E-state index contributed by atoms with van der Waals surface area (Å²) in [6, 6.07) is 9.76. The fourth-order valence-corrected chi connectivity index (χ4v) is 1.50. The number of carbonyl (C=O) groups excluding carboxylic acids is 1. The lowest BCUT2D eigenvalue weighted by Gasteiger charge is -1.92. The Morgan fingerprint density at radius 3 is 2.47 bits per heavy atom. The monoisotopic (exact) mass is 202 g/mol. The molecule has 0 aliphatic carbocycles. The molecule has 0 amide bonds. The van der Waals surface area contributed by atoms with Crippen LogP contribution in [-0.4, -0.2) is 17.5 Å². The first-order chi connectivity index (χ1) is 7.09. The van der Waals surface area contributed by atoms with Gasteiger partial charge in [-0.05, 0) is 25.5 Å². The van der Waals surface area contributed by atoms with Crippen LogP contribution in [0.1, 0.15) is 19.4 Å². The number of ketones is 1. The van der Waals surface area contributed by atoms with Gasteiger partial charge in [0.2, 0.25) is 0 Å². The molecule has 1 atom stereocenters. The largest absolute Gasteiger partial charge is 0.358 e. The molecule has 1 heterocycles. The number of benzene rings is 1. The molecule has 1 aromatic rings. The van der Waals surface area contributed by atoms with Gasteiger partial charge in [0, 0.05) is 0 Å². The first-order valence-corrected chi connectivity index (χ1v) is 5.04. The summed E-state index contributed by atoms with van der Waals surface area (Å²) >= 11 is 0. The van der Waals surface area contributed by atoms with Gasteiger partial charge >= 0.3 is 0 Å². The van der Waals surface area contributed by atoms with Crippen molar-refractivity contribution in [3.05, 3.63) is 42.0 Å². The predicted octanol–water partition coefficient (Wildman–Crippen LogP) is 2.45. The summed E-state index contributed by atoms with van der Waals surface area (Å²) in [7, 11) is 0. The Balaban J connectivity index is 1.99. The fraction of sp³-hybridized carbons (Fsp3) is 0.308. The maximum absolute atomic E-state index is 11.6. The summed E-state index contributed by atoms with van der Waals surface area (Å²) in [5.41, 5.74) is 0.766. The fourth-order valence-electron chi connectivity index (χ4n) is 1.50. The van der Waals surface area contributed by atoms with Crippen LogP contribution in [0.25, 0.3) is 6.08 Å². The Bertz CT molecular complexity index is 390. The first-order valence-electron chi connectivity index (χ1n) is 5.04. The molecule has 0 N–H and O–H groups in total. The van der Waals surface area contributed by atoms with Crippen LogP contribution in [0, 0.1) is 0 Å². The van der Waals surface area contributed by atoms with E-state index in [1.165, 1.54) is 0 Å². The first kappa shape index (κ1) is 10.1. The van der Waals surface area contributed by atoms with Crippen molar-refractivity contribution in [2.75, 3.05) is 0 Å². The summed E-state index contributed by atoms with van der Waals surface area (Å²) in [4.78, 5) is 11.6. The summed E-state index contributed by atoms with van der Waals surface area (Å²) < 4.78 is 5.25. The molecule has 2 rings (SSSR count). The Hall–Kier alpha value is -1.41. The Morgan fingerprint density at radius 1 is 1.33 bits per heavy atom. The third kappa shape index (κ3) is 2.34. The highest BCUT2D eigenvalue weighted by molar-refractivity contribution is 5.99. The zero-order valence-corrected chi connectivity index (χ0v) is 8.94. The molecule has 0 aromatic heterocycles. The predicted molar refractivity (Wildman–Crippen MR) is 59.4 cm³/mol. The van der Waals surface area contributed by atoms with Gasteiger partial charge in [-0.2, -0.15) is 0 Å². The second-order valence-corrected chi connectivity index (χ2v) is 4.25. The van der Waals surface area contributed by atoms with E-state index in [0.29, 0.717) is 0 Å². The number of hydrogen-bond acceptors (Lipinski definition) is 2. The van der Waals surface area contributed by atoms with Crippen LogP contribution < -0.4 is 0 Å². The van der Waals surface area contributed by atoms with E-state index in [0.717, 1.165) is 5.56 Å². The minimum absolute atomic E-state index is 0.0452. The summed E-state index contributed by atoms with van der Waals surface area (Å²) in [5, 5.41) is 0. The second kappa shape index (κ2) is 3.63. The topological polar surface area (TPSA) is 29.6 Å². The minimum Gasteiger partial charge on any atom is -0.358 e. The number of epoxide rings is 1. The highest BCUT2D eigenvalue weighted by Crippen LogP contribution is 2.36. The van der Waals surface area contributed by atoms with Crippen LogP contribution in [0.2, 0.25) is 0 Å². The summed E-state index contributed by atoms with van der Waals surface area (Å²) in [6.07, 6.45) is 3.16. The van der Waals surface area contributed by atoms with Crippen molar-refractivity contribution in [2.45, 2.75) is 25.6 Å². The minimum atomic E-state index is -0.266. The molecule has 0 bridgehead atoms. The van der Waals surface area contributed by atoms with E-state index in [1.807, 2.05) is 50.3 Å². The molecule has 0 radical (unpaired) electrons. The highest BCUT2D eigenvalue weighted by Gasteiger charge is 2.51. The zero-order chi connectivity index (χ0) is 10.9. The van der Waals surface area contributed by atoms with Gasteiger partial charge in [0.15, 0.2) is 5.78 Å². The van der Waals surface area contributed by atoms with E-state index in [1.54, 1.807) is 6.08 Å². The van der Waals surface area contributed by atoms with Gasteiger partial charge in [0.05, 0.1) is 5.60 Å². The smallest absolute Gasteiger partial charge is 0.187 e. The Kier molecular flexibility index (Phi) is 2.45. The maximum atomic E-state index is 11.6. The number of hydrogen-bond donors (Lipinski definition) is 0. The second-order valence-electron chi connectivity index (χ2n) is 4.25. The Morgan fingerprint density at radius 2 is 1.93 bits per heavy atom. The molecule has 2 nitrogen and oxygen atoms in total. The van der Waals surface area contributed by atoms with Crippen molar-refractivity contribution >= 4 is 11.9 Å². The van der Waals surface area contributed by atoms with Gasteiger partial charge < -0.3 is 4.74 Å². The molecule has 1 fully saturated rings. The molecule has 78 valence electrons. The highest BCUT2D eigenvalue weighted by atomic mass is 16.6. The van der Waals surface area contributed by atoms with Crippen LogP contribution in [0.5, 0.6) is 0 Å².